The summed E-state index contributed by atoms with van der Waals surface area (Å²) in [5.74, 6) is -0.426. The number of carbonyl (C=O) groups is 1. The highest BCUT2D eigenvalue weighted by Crippen LogP contribution is 2.38. The largest absolute Gasteiger partial charge is 0.416 e. The minimum absolute atomic E-state index is 0.0148. The summed E-state index contributed by atoms with van der Waals surface area (Å²) in [6.07, 6.45) is -1.27. The van der Waals surface area contributed by atoms with E-state index in [1.54, 1.807) is 6.07 Å². The van der Waals surface area contributed by atoms with E-state index in [2.05, 4.69) is 17.6 Å². The number of nitrogens with one attached hydrogen (secondary N) is 2. The van der Waals surface area contributed by atoms with Gasteiger partial charge in [0.05, 0.1) is 5.56 Å². The summed E-state index contributed by atoms with van der Waals surface area (Å²) in [4.78, 5) is 11.8. The minimum Gasteiger partial charge on any atom is -0.348 e. The van der Waals surface area contributed by atoms with E-state index in [4.69, 9.17) is 0 Å². The monoisotopic (exact) mass is 312 g/mol. The molecule has 3 nitrogen and oxygen atoms in total. The Balaban J connectivity index is 1.98. The molecule has 1 aromatic rings. The summed E-state index contributed by atoms with van der Waals surface area (Å²) >= 11 is 0. The molecule has 2 aliphatic rings. The molecule has 0 saturated heterocycles. The molecule has 2 N–H and O–H groups in total. The van der Waals surface area contributed by atoms with Crippen LogP contribution in [0.1, 0.15) is 66.2 Å². The summed E-state index contributed by atoms with van der Waals surface area (Å²) in [5, 5.41) is 5.87. The van der Waals surface area contributed by atoms with Gasteiger partial charge in [0.1, 0.15) is 0 Å². The molecule has 0 bridgehead atoms. The van der Waals surface area contributed by atoms with Crippen LogP contribution in [0.15, 0.2) is 12.1 Å². The second kappa shape index (κ2) is 4.98. The lowest BCUT2D eigenvalue weighted by Crippen LogP contribution is -2.49. The Morgan fingerprint density at radius 2 is 2.00 bits per heavy atom. The first kappa shape index (κ1) is 15.3. The van der Waals surface area contributed by atoms with Gasteiger partial charge in [0, 0.05) is 23.7 Å². The lowest BCUT2D eigenvalue weighted by molar-refractivity contribution is -0.138. The van der Waals surface area contributed by atoms with Crippen molar-refractivity contribution in [1.82, 2.24) is 10.6 Å². The lowest BCUT2D eigenvalue weighted by Gasteiger charge is -2.42. The highest BCUT2D eigenvalue weighted by atomic mass is 19.4. The molecule has 1 unspecified atom stereocenters. The third-order valence-electron chi connectivity index (χ3n) is 4.77. The lowest BCUT2D eigenvalue weighted by atomic mass is 9.77. The molecular weight excluding hydrogens is 293 g/mol. The van der Waals surface area contributed by atoms with Gasteiger partial charge in [-0.05, 0) is 56.4 Å². The highest BCUT2D eigenvalue weighted by molar-refractivity contribution is 5.99. The van der Waals surface area contributed by atoms with Crippen LogP contribution in [0.3, 0.4) is 0 Å². The van der Waals surface area contributed by atoms with Gasteiger partial charge in [-0.1, -0.05) is 0 Å². The Hall–Kier alpha value is -1.56. The first-order valence-corrected chi connectivity index (χ1v) is 7.49. The SMILES string of the molecule is CC(NC1(C)CCC1)c1cc2c(c(C(F)(F)F)c1)CNC2=O. The first-order chi connectivity index (χ1) is 10.2. The molecule has 1 fully saturated rings. The molecule has 1 heterocycles. The fraction of sp³-hybridized carbons (Fsp3) is 0.562. The average Bonchev–Trinajstić information content (AvgIpc) is 2.76. The van der Waals surface area contributed by atoms with Crippen LogP contribution < -0.4 is 10.6 Å². The molecule has 1 atom stereocenters. The van der Waals surface area contributed by atoms with E-state index in [-0.39, 0.29) is 29.3 Å². The molecule has 22 heavy (non-hydrogen) atoms. The zero-order valence-corrected chi connectivity index (χ0v) is 12.6. The molecule has 1 saturated carbocycles. The summed E-state index contributed by atoms with van der Waals surface area (Å²) in [6, 6.07) is 2.54. The molecule has 1 amide bonds. The fourth-order valence-corrected chi connectivity index (χ4v) is 3.31. The van der Waals surface area contributed by atoms with E-state index in [0.717, 1.165) is 19.3 Å². The number of fused-ring (bicyclic) bond motifs is 1. The van der Waals surface area contributed by atoms with Crippen molar-refractivity contribution in [2.24, 2.45) is 0 Å². The molecule has 1 aliphatic heterocycles. The average molecular weight is 312 g/mol. The van der Waals surface area contributed by atoms with Crippen LogP contribution in [0.4, 0.5) is 13.2 Å². The van der Waals surface area contributed by atoms with Gasteiger partial charge >= 0.3 is 6.18 Å². The van der Waals surface area contributed by atoms with Gasteiger partial charge < -0.3 is 10.6 Å². The van der Waals surface area contributed by atoms with E-state index >= 15 is 0 Å². The van der Waals surface area contributed by atoms with E-state index in [1.807, 2.05) is 6.92 Å². The van der Waals surface area contributed by atoms with Crippen molar-refractivity contribution in [2.75, 3.05) is 0 Å². The van der Waals surface area contributed by atoms with Crippen LogP contribution in [-0.4, -0.2) is 11.4 Å². The van der Waals surface area contributed by atoms with Gasteiger partial charge in [-0.25, -0.2) is 0 Å². The normalized spacial score (nSPS) is 21.0. The molecule has 0 spiro atoms. The number of hydrogen-bond donors (Lipinski definition) is 2. The minimum atomic E-state index is -4.45. The number of rotatable bonds is 3. The van der Waals surface area contributed by atoms with Crippen molar-refractivity contribution < 1.29 is 18.0 Å². The van der Waals surface area contributed by atoms with Crippen molar-refractivity contribution in [3.8, 4) is 0 Å². The van der Waals surface area contributed by atoms with Gasteiger partial charge in [0.2, 0.25) is 0 Å². The number of hydrogen-bond acceptors (Lipinski definition) is 2. The van der Waals surface area contributed by atoms with Crippen molar-refractivity contribution in [2.45, 2.75) is 57.4 Å². The van der Waals surface area contributed by atoms with E-state index in [9.17, 15) is 18.0 Å². The van der Waals surface area contributed by atoms with Gasteiger partial charge in [-0.3, -0.25) is 4.79 Å². The first-order valence-electron chi connectivity index (χ1n) is 7.49. The molecule has 3 rings (SSSR count). The van der Waals surface area contributed by atoms with Crippen molar-refractivity contribution >= 4 is 5.91 Å². The van der Waals surface area contributed by atoms with Crippen molar-refractivity contribution in [3.63, 3.8) is 0 Å². The number of benzene rings is 1. The molecule has 120 valence electrons. The number of alkyl halides is 3. The molecule has 1 aromatic carbocycles. The zero-order valence-electron chi connectivity index (χ0n) is 12.6. The zero-order chi connectivity index (χ0) is 16.1. The van der Waals surface area contributed by atoms with Crippen LogP contribution in [0.25, 0.3) is 0 Å². The van der Waals surface area contributed by atoms with E-state index in [0.29, 0.717) is 5.56 Å². The Morgan fingerprint density at radius 3 is 2.55 bits per heavy atom. The smallest absolute Gasteiger partial charge is 0.348 e. The molecule has 0 aromatic heterocycles. The number of amides is 1. The van der Waals surface area contributed by atoms with E-state index in [1.165, 1.54) is 6.07 Å². The molecule has 1 aliphatic carbocycles. The Morgan fingerprint density at radius 1 is 1.32 bits per heavy atom. The second-order valence-electron chi connectivity index (χ2n) is 6.56. The van der Waals surface area contributed by atoms with Crippen LogP contribution >= 0.6 is 0 Å². The standard InChI is InChI=1S/C16H19F3N2O/c1-9(21-15(2)4-3-5-15)10-6-11-12(8-20-14(11)22)13(7-10)16(17,18)19/h6-7,9,21H,3-5,8H2,1-2H3,(H,20,22). The second-order valence-corrected chi connectivity index (χ2v) is 6.56. The van der Waals surface area contributed by atoms with Crippen molar-refractivity contribution in [1.29, 1.82) is 0 Å². The van der Waals surface area contributed by atoms with Gasteiger partial charge in [0.15, 0.2) is 0 Å². The van der Waals surface area contributed by atoms with Crippen LogP contribution in [0.2, 0.25) is 0 Å². The van der Waals surface area contributed by atoms with Crippen LogP contribution in [0, 0.1) is 0 Å². The van der Waals surface area contributed by atoms with Crippen molar-refractivity contribution in [3.05, 3.63) is 34.4 Å². The number of carbonyl (C=O) groups excluding carboxylic acids is 1. The maximum Gasteiger partial charge on any atom is 0.416 e. The van der Waals surface area contributed by atoms with Gasteiger partial charge in [-0.2, -0.15) is 13.2 Å². The summed E-state index contributed by atoms with van der Waals surface area (Å²) in [6.45, 7) is 3.87. The van der Waals surface area contributed by atoms with Crippen LogP contribution in [-0.2, 0) is 12.7 Å². The summed E-state index contributed by atoms with van der Waals surface area (Å²) in [7, 11) is 0. The van der Waals surface area contributed by atoms with Gasteiger partial charge in [-0.15, -0.1) is 0 Å². The maximum atomic E-state index is 13.3. The molecular formula is C16H19F3N2O. The van der Waals surface area contributed by atoms with Gasteiger partial charge in [0.25, 0.3) is 5.91 Å². The third-order valence-corrected chi connectivity index (χ3v) is 4.77. The Labute approximate surface area is 127 Å². The maximum absolute atomic E-state index is 13.3. The summed E-state index contributed by atoms with van der Waals surface area (Å²) in [5.41, 5.74) is 0.00146. The van der Waals surface area contributed by atoms with Crippen LogP contribution in [0.5, 0.6) is 0 Å². The predicted molar refractivity (Wildman–Crippen MR) is 76.4 cm³/mol. The molecule has 6 heteroatoms. The Kier molecular flexibility index (Phi) is 3.47. The fourth-order valence-electron chi connectivity index (χ4n) is 3.31. The van der Waals surface area contributed by atoms with E-state index < -0.39 is 17.6 Å². The molecule has 0 radical (unpaired) electrons. The third kappa shape index (κ3) is 2.60. The number of halogens is 3. The summed E-state index contributed by atoms with van der Waals surface area (Å²) < 4.78 is 39.8. The quantitative estimate of drug-likeness (QED) is 0.896. The Bertz CT molecular complexity index is 621. The highest BCUT2D eigenvalue weighted by Gasteiger charge is 2.39. The predicted octanol–water partition coefficient (Wildman–Crippen LogP) is 3.54. The topological polar surface area (TPSA) is 41.1 Å².